The van der Waals surface area contributed by atoms with Gasteiger partial charge in [0.2, 0.25) is 5.91 Å². The molecule has 0 unspecified atom stereocenters. The molecule has 2 aromatic rings. The van der Waals surface area contributed by atoms with Crippen LogP contribution in [0.4, 0.5) is 5.82 Å². The van der Waals surface area contributed by atoms with Gasteiger partial charge < -0.3 is 5.32 Å². The van der Waals surface area contributed by atoms with Crippen LogP contribution >= 0.6 is 11.3 Å². The van der Waals surface area contributed by atoms with Gasteiger partial charge in [-0.15, -0.1) is 11.3 Å². The second-order valence-electron chi connectivity index (χ2n) is 3.83. The van der Waals surface area contributed by atoms with Gasteiger partial charge in [-0.05, 0) is 31.5 Å². The minimum Gasteiger partial charge on any atom is -0.310 e. The van der Waals surface area contributed by atoms with E-state index in [1.54, 1.807) is 6.20 Å². The van der Waals surface area contributed by atoms with Crippen molar-refractivity contribution in [3.63, 3.8) is 0 Å². The van der Waals surface area contributed by atoms with Gasteiger partial charge in [-0.1, -0.05) is 0 Å². The van der Waals surface area contributed by atoms with Crippen molar-refractivity contribution in [3.8, 4) is 0 Å². The summed E-state index contributed by atoms with van der Waals surface area (Å²) in [4.78, 5) is 20.0. The first-order valence-corrected chi connectivity index (χ1v) is 6.15. The van der Waals surface area contributed by atoms with Crippen molar-refractivity contribution < 1.29 is 4.79 Å². The Bertz CT molecular complexity index is 536. The van der Waals surface area contributed by atoms with Crippen LogP contribution in [0.15, 0.2) is 23.7 Å². The standard InChI is InChI=1S/C12H13N3OS/c1-8-3-4-13-10(5-8)15-11(16)6-12-14-9(2)7-17-12/h3-5,7H,6H2,1-2H3,(H,13,15,16). The normalized spacial score (nSPS) is 10.2. The van der Waals surface area contributed by atoms with Gasteiger partial charge in [-0.2, -0.15) is 0 Å². The molecule has 0 spiro atoms. The molecule has 17 heavy (non-hydrogen) atoms. The molecule has 1 N–H and O–H groups in total. The van der Waals surface area contributed by atoms with Crippen LogP contribution in [0, 0.1) is 13.8 Å². The van der Waals surface area contributed by atoms with Crippen LogP contribution in [0.3, 0.4) is 0 Å². The van der Waals surface area contributed by atoms with E-state index >= 15 is 0 Å². The number of amides is 1. The van der Waals surface area contributed by atoms with Crippen molar-refractivity contribution in [1.29, 1.82) is 0 Å². The van der Waals surface area contributed by atoms with Gasteiger partial charge in [-0.3, -0.25) is 4.79 Å². The largest absolute Gasteiger partial charge is 0.310 e. The first-order chi connectivity index (χ1) is 8.13. The average molecular weight is 247 g/mol. The number of thiazole rings is 1. The molecule has 88 valence electrons. The van der Waals surface area contributed by atoms with Gasteiger partial charge in [0.05, 0.1) is 6.42 Å². The number of hydrogen-bond donors (Lipinski definition) is 1. The lowest BCUT2D eigenvalue weighted by Crippen LogP contribution is -2.15. The Kier molecular flexibility index (Phi) is 3.49. The van der Waals surface area contributed by atoms with E-state index in [9.17, 15) is 4.79 Å². The fourth-order valence-corrected chi connectivity index (χ4v) is 2.18. The predicted molar refractivity (Wildman–Crippen MR) is 68.2 cm³/mol. The second-order valence-corrected chi connectivity index (χ2v) is 4.77. The van der Waals surface area contributed by atoms with Gasteiger partial charge >= 0.3 is 0 Å². The van der Waals surface area contributed by atoms with Crippen LogP contribution in [0.1, 0.15) is 16.3 Å². The summed E-state index contributed by atoms with van der Waals surface area (Å²) in [5, 5.41) is 5.52. The Hall–Kier alpha value is -1.75. The molecule has 4 nitrogen and oxygen atoms in total. The Labute approximate surface area is 104 Å². The molecule has 0 aromatic carbocycles. The van der Waals surface area contributed by atoms with Crippen LogP contribution < -0.4 is 5.32 Å². The molecule has 0 saturated carbocycles. The minimum atomic E-state index is -0.0857. The quantitative estimate of drug-likeness (QED) is 0.905. The maximum atomic E-state index is 11.7. The average Bonchev–Trinajstić information content (AvgIpc) is 2.63. The summed E-state index contributed by atoms with van der Waals surface area (Å²) in [5.41, 5.74) is 2.02. The smallest absolute Gasteiger partial charge is 0.232 e. The van der Waals surface area contributed by atoms with Gasteiger partial charge in [0.15, 0.2) is 0 Å². The molecule has 5 heteroatoms. The van der Waals surface area contributed by atoms with E-state index < -0.39 is 0 Å². The third kappa shape index (κ3) is 3.35. The molecule has 0 atom stereocenters. The van der Waals surface area contributed by atoms with Crippen LogP contribution in [0.2, 0.25) is 0 Å². The van der Waals surface area contributed by atoms with Crippen molar-refractivity contribution in [2.45, 2.75) is 20.3 Å². The van der Waals surface area contributed by atoms with Crippen LogP contribution in [-0.2, 0) is 11.2 Å². The van der Waals surface area contributed by atoms with E-state index in [0.29, 0.717) is 12.2 Å². The molecule has 0 radical (unpaired) electrons. The minimum absolute atomic E-state index is 0.0857. The summed E-state index contributed by atoms with van der Waals surface area (Å²) in [6.45, 7) is 3.88. The number of carbonyl (C=O) groups is 1. The van der Waals surface area contributed by atoms with E-state index in [1.807, 2.05) is 31.4 Å². The number of anilines is 1. The van der Waals surface area contributed by atoms with Crippen molar-refractivity contribution >= 4 is 23.1 Å². The molecule has 2 rings (SSSR count). The van der Waals surface area contributed by atoms with E-state index in [-0.39, 0.29) is 5.91 Å². The third-order valence-corrected chi connectivity index (χ3v) is 3.13. The number of hydrogen-bond acceptors (Lipinski definition) is 4. The summed E-state index contributed by atoms with van der Waals surface area (Å²) in [5.74, 6) is 0.501. The number of carbonyl (C=O) groups excluding carboxylic acids is 1. The first-order valence-electron chi connectivity index (χ1n) is 5.27. The van der Waals surface area contributed by atoms with Gasteiger partial charge in [-0.25, -0.2) is 9.97 Å². The summed E-state index contributed by atoms with van der Waals surface area (Å²) >= 11 is 1.50. The van der Waals surface area contributed by atoms with Crippen LogP contribution in [0.5, 0.6) is 0 Å². The number of rotatable bonds is 3. The molecular formula is C12H13N3OS. The zero-order chi connectivity index (χ0) is 12.3. The van der Waals surface area contributed by atoms with E-state index in [0.717, 1.165) is 16.3 Å². The first kappa shape index (κ1) is 11.7. The second kappa shape index (κ2) is 5.05. The molecule has 0 bridgehead atoms. The molecule has 0 aliphatic carbocycles. The van der Waals surface area contributed by atoms with Crippen molar-refractivity contribution in [3.05, 3.63) is 40.0 Å². The summed E-state index contributed by atoms with van der Waals surface area (Å²) in [6.07, 6.45) is 1.98. The number of aromatic nitrogens is 2. The molecular weight excluding hydrogens is 234 g/mol. The number of aryl methyl sites for hydroxylation is 2. The Morgan fingerprint density at radius 3 is 2.94 bits per heavy atom. The van der Waals surface area contributed by atoms with Crippen molar-refractivity contribution in [2.24, 2.45) is 0 Å². The van der Waals surface area contributed by atoms with E-state index in [4.69, 9.17) is 0 Å². The van der Waals surface area contributed by atoms with Crippen molar-refractivity contribution in [2.75, 3.05) is 5.32 Å². The zero-order valence-electron chi connectivity index (χ0n) is 9.73. The Morgan fingerprint density at radius 2 is 2.29 bits per heavy atom. The summed E-state index contributed by atoms with van der Waals surface area (Å²) in [6, 6.07) is 3.73. The fourth-order valence-electron chi connectivity index (χ4n) is 1.41. The Balaban J connectivity index is 1.98. The van der Waals surface area contributed by atoms with Crippen LogP contribution in [0.25, 0.3) is 0 Å². The van der Waals surface area contributed by atoms with Crippen LogP contribution in [-0.4, -0.2) is 15.9 Å². The number of nitrogens with zero attached hydrogens (tertiary/aromatic N) is 2. The lowest BCUT2D eigenvalue weighted by Gasteiger charge is -2.03. The highest BCUT2D eigenvalue weighted by atomic mass is 32.1. The fraction of sp³-hybridized carbons (Fsp3) is 0.250. The maximum Gasteiger partial charge on any atom is 0.232 e. The number of pyridine rings is 1. The molecule has 0 aliphatic rings. The topological polar surface area (TPSA) is 54.9 Å². The highest BCUT2D eigenvalue weighted by Gasteiger charge is 2.07. The zero-order valence-corrected chi connectivity index (χ0v) is 10.5. The molecule has 2 heterocycles. The van der Waals surface area contributed by atoms with Gasteiger partial charge in [0, 0.05) is 17.3 Å². The molecule has 2 aromatic heterocycles. The SMILES string of the molecule is Cc1ccnc(NC(=O)Cc2nc(C)cs2)c1. The lowest BCUT2D eigenvalue weighted by molar-refractivity contribution is -0.115. The summed E-state index contributed by atoms with van der Waals surface area (Å²) < 4.78 is 0. The number of nitrogens with one attached hydrogen (secondary N) is 1. The third-order valence-electron chi connectivity index (χ3n) is 2.16. The predicted octanol–water partition coefficient (Wildman–Crippen LogP) is 2.34. The highest BCUT2D eigenvalue weighted by Crippen LogP contribution is 2.11. The Morgan fingerprint density at radius 1 is 1.47 bits per heavy atom. The van der Waals surface area contributed by atoms with Gasteiger partial charge in [0.1, 0.15) is 10.8 Å². The monoisotopic (exact) mass is 247 g/mol. The lowest BCUT2D eigenvalue weighted by atomic mass is 10.3. The maximum absolute atomic E-state index is 11.7. The molecule has 0 saturated heterocycles. The van der Waals surface area contributed by atoms with E-state index in [2.05, 4.69) is 15.3 Å². The molecule has 0 aliphatic heterocycles. The van der Waals surface area contributed by atoms with E-state index in [1.165, 1.54) is 11.3 Å². The molecule has 1 amide bonds. The molecule has 0 fully saturated rings. The highest BCUT2D eigenvalue weighted by molar-refractivity contribution is 7.09. The van der Waals surface area contributed by atoms with Gasteiger partial charge in [0.25, 0.3) is 0 Å². The summed E-state index contributed by atoms with van der Waals surface area (Å²) in [7, 11) is 0. The van der Waals surface area contributed by atoms with Crippen molar-refractivity contribution in [1.82, 2.24) is 9.97 Å².